The molecule has 6 heteroatoms. The van der Waals surface area contributed by atoms with E-state index in [2.05, 4.69) is 21.7 Å². The van der Waals surface area contributed by atoms with E-state index in [0.29, 0.717) is 11.7 Å². The van der Waals surface area contributed by atoms with E-state index in [1.165, 1.54) is 38.5 Å². The van der Waals surface area contributed by atoms with Crippen molar-refractivity contribution in [3.63, 3.8) is 0 Å². The normalized spacial score (nSPS) is 20.0. The van der Waals surface area contributed by atoms with Gasteiger partial charge in [0, 0.05) is 25.6 Å². The van der Waals surface area contributed by atoms with Crippen LogP contribution in [0.15, 0.2) is 5.16 Å². The molecule has 3 rings (SSSR count). The van der Waals surface area contributed by atoms with Gasteiger partial charge in [-0.2, -0.15) is 0 Å². The minimum Gasteiger partial charge on any atom is -0.342 e. The van der Waals surface area contributed by atoms with Crippen LogP contribution in [0.4, 0.5) is 0 Å². The molecule has 1 saturated carbocycles. The van der Waals surface area contributed by atoms with Crippen LogP contribution < -0.4 is 0 Å². The fourth-order valence-electron chi connectivity index (χ4n) is 3.73. The van der Waals surface area contributed by atoms with Crippen molar-refractivity contribution < 1.29 is 4.79 Å². The molecule has 1 amide bonds. The van der Waals surface area contributed by atoms with Gasteiger partial charge in [-0.25, -0.2) is 0 Å². The first-order valence-electron chi connectivity index (χ1n) is 9.13. The topological polar surface area (TPSA) is 51.0 Å². The van der Waals surface area contributed by atoms with E-state index in [4.69, 9.17) is 0 Å². The molecule has 0 aromatic carbocycles. The maximum Gasteiger partial charge on any atom is 0.233 e. The molecule has 0 bridgehead atoms. The van der Waals surface area contributed by atoms with Crippen molar-refractivity contribution in [3.8, 4) is 0 Å². The number of carbonyl (C=O) groups is 1. The van der Waals surface area contributed by atoms with Gasteiger partial charge >= 0.3 is 0 Å². The zero-order valence-electron chi connectivity index (χ0n) is 14.2. The van der Waals surface area contributed by atoms with Crippen LogP contribution in [0, 0.1) is 0 Å². The molecule has 2 fully saturated rings. The number of carbonyl (C=O) groups excluding carboxylic acids is 1. The van der Waals surface area contributed by atoms with Crippen LogP contribution >= 0.6 is 11.8 Å². The molecular formula is C17H28N4OS. The third-order valence-corrected chi connectivity index (χ3v) is 6.02. The molecule has 1 aliphatic heterocycles. The zero-order valence-corrected chi connectivity index (χ0v) is 15.0. The van der Waals surface area contributed by atoms with Gasteiger partial charge < -0.3 is 9.47 Å². The minimum absolute atomic E-state index is 0.250. The van der Waals surface area contributed by atoms with E-state index in [1.54, 1.807) is 11.8 Å². The second-order valence-electron chi connectivity index (χ2n) is 6.65. The molecule has 0 radical (unpaired) electrons. The molecule has 2 heterocycles. The van der Waals surface area contributed by atoms with Crippen LogP contribution in [-0.2, 0) is 11.3 Å². The Hall–Kier alpha value is -1.04. The Bertz CT molecular complexity index is 519. The molecule has 1 aromatic rings. The first kappa shape index (κ1) is 16.8. The summed E-state index contributed by atoms with van der Waals surface area (Å²) >= 11 is 1.56. The fourth-order valence-corrected chi connectivity index (χ4v) is 4.64. The Morgan fingerprint density at radius 1 is 1.09 bits per heavy atom. The lowest BCUT2D eigenvalue weighted by Crippen LogP contribution is -2.36. The highest BCUT2D eigenvalue weighted by molar-refractivity contribution is 7.99. The quantitative estimate of drug-likeness (QED) is 0.773. The van der Waals surface area contributed by atoms with Crippen LogP contribution in [0.5, 0.6) is 0 Å². The summed E-state index contributed by atoms with van der Waals surface area (Å²) in [7, 11) is 0. The maximum absolute atomic E-state index is 12.3. The van der Waals surface area contributed by atoms with Gasteiger partial charge in [-0.1, -0.05) is 31.0 Å². The summed E-state index contributed by atoms with van der Waals surface area (Å²) in [5.74, 6) is 2.44. The van der Waals surface area contributed by atoms with Crippen molar-refractivity contribution in [1.29, 1.82) is 0 Å². The second-order valence-corrected chi connectivity index (χ2v) is 7.59. The van der Waals surface area contributed by atoms with Gasteiger partial charge in [0.2, 0.25) is 5.91 Å². The Balaban J connectivity index is 1.61. The summed E-state index contributed by atoms with van der Waals surface area (Å²) in [5, 5.41) is 9.77. The summed E-state index contributed by atoms with van der Waals surface area (Å²) in [6.07, 6.45) is 9.97. The van der Waals surface area contributed by atoms with E-state index in [1.807, 2.05) is 4.90 Å². The van der Waals surface area contributed by atoms with Gasteiger partial charge in [-0.05, 0) is 39.0 Å². The molecule has 0 unspecified atom stereocenters. The van der Waals surface area contributed by atoms with Crippen molar-refractivity contribution in [1.82, 2.24) is 19.7 Å². The van der Waals surface area contributed by atoms with Gasteiger partial charge in [0.25, 0.3) is 0 Å². The molecule has 128 valence electrons. The Morgan fingerprint density at radius 3 is 2.48 bits per heavy atom. The SMILES string of the molecule is CCn1c(SCC(=O)N2CCCCC2)nnc1C1CCCCC1. The van der Waals surface area contributed by atoms with E-state index >= 15 is 0 Å². The Labute approximate surface area is 143 Å². The highest BCUT2D eigenvalue weighted by Crippen LogP contribution is 2.33. The number of thioether (sulfide) groups is 1. The van der Waals surface area contributed by atoms with Crippen LogP contribution in [-0.4, -0.2) is 44.4 Å². The molecule has 0 spiro atoms. The molecule has 0 atom stereocenters. The molecule has 1 saturated heterocycles. The standard InChI is InChI=1S/C17H28N4OS/c1-2-21-16(14-9-5-3-6-10-14)18-19-17(21)23-13-15(22)20-11-7-4-8-12-20/h14H,2-13H2,1H3. The number of hydrogen-bond acceptors (Lipinski definition) is 4. The summed E-state index contributed by atoms with van der Waals surface area (Å²) in [4.78, 5) is 14.3. The maximum atomic E-state index is 12.3. The highest BCUT2D eigenvalue weighted by atomic mass is 32.2. The van der Waals surface area contributed by atoms with Gasteiger partial charge in [0.15, 0.2) is 5.16 Å². The van der Waals surface area contributed by atoms with Crippen molar-refractivity contribution >= 4 is 17.7 Å². The predicted octanol–water partition coefficient (Wildman–Crippen LogP) is 3.45. The third kappa shape index (κ3) is 4.08. The van der Waals surface area contributed by atoms with Gasteiger partial charge in [0.05, 0.1) is 5.75 Å². The lowest BCUT2D eigenvalue weighted by Gasteiger charge is -2.26. The smallest absolute Gasteiger partial charge is 0.233 e. The third-order valence-electron chi connectivity index (χ3n) is 5.07. The van der Waals surface area contributed by atoms with Gasteiger partial charge in [-0.3, -0.25) is 4.79 Å². The number of aromatic nitrogens is 3. The molecular weight excluding hydrogens is 308 g/mol. The number of hydrogen-bond donors (Lipinski definition) is 0. The van der Waals surface area contributed by atoms with Gasteiger partial charge in [0.1, 0.15) is 5.82 Å². The number of rotatable bonds is 5. The lowest BCUT2D eigenvalue weighted by molar-refractivity contribution is -0.129. The minimum atomic E-state index is 0.250. The van der Waals surface area contributed by atoms with E-state index in [-0.39, 0.29) is 5.91 Å². The number of likely N-dealkylation sites (tertiary alicyclic amines) is 1. The zero-order chi connectivity index (χ0) is 16.1. The van der Waals surface area contributed by atoms with Crippen LogP contribution in [0.1, 0.15) is 70.0 Å². The Kier molecular flexibility index (Phi) is 5.97. The van der Waals surface area contributed by atoms with E-state index < -0.39 is 0 Å². The summed E-state index contributed by atoms with van der Waals surface area (Å²) in [5.41, 5.74) is 0. The van der Waals surface area contributed by atoms with Crippen LogP contribution in [0.3, 0.4) is 0 Å². The van der Waals surface area contributed by atoms with Crippen molar-refractivity contribution in [2.75, 3.05) is 18.8 Å². The van der Waals surface area contributed by atoms with E-state index in [9.17, 15) is 4.79 Å². The molecule has 5 nitrogen and oxygen atoms in total. The monoisotopic (exact) mass is 336 g/mol. The fraction of sp³-hybridized carbons (Fsp3) is 0.824. The first-order chi connectivity index (χ1) is 11.3. The van der Waals surface area contributed by atoms with Crippen LogP contribution in [0.25, 0.3) is 0 Å². The average molecular weight is 337 g/mol. The highest BCUT2D eigenvalue weighted by Gasteiger charge is 2.24. The number of piperidine rings is 1. The summed E-state index contributed by atoms with van der Waals surface area (Å²) < 4.78 is 2.23. The molecule has 1 aromatic heterocycles. The van der Waals surface area contributed by atoms with Crippen molar-refractivity contribution in [2.24, 2.45) is 0 Å². The van der Waals surface area contributed by atoms with Gasteiger partial charge in [-0.15, -0.1) is 10.2 Å². The largest absolute Gasteiger partial charge is 0.342 e. The second kappa shape index (κ2) is 8.18. The summed E-state index contributed by atoms with van der Waals surface area (Å²) in [6, 6.07) is 0. The molecule has 0 N–H and O–H groups in total. The van der Waals surface area contributed by atoms with Crippen molar-refractivity contribution in [2.45, 2.75) is 75.9 Å². The Morgan fingerprint density at radius 2 is 1.78 bits per heavy atom. The van der Waals surface area contributed by atoms with Crippen LogP contribution in [0.2, 0.25) is 0 Å². The molecule has 1 aliphatic carbocycles. The molecule has 23 heavy (non-hydrogen) atoms. The predicted molar refractivity (Wildman–Crippen MR) is 92.7 cm³/mol. The lowest BCUT2D eigenvalue weighted by atomic mass is 9.89. The van der Waals surface area contributed by atoms with E-state index in [0.717, 1.165) is 43.5 Å². The van der Waals surface area contributed by atoms with Crippen molar-refractivity contribution in [3.05, 3.63) is 5.82 Å². The number of nitrogens with zero attached hydrogens (tertiary/aromatic N) is 4. The summed E-state index contributed by atoms with van der Waals surface area (Å²) in [6.45, 7) is 4.88. The first-order valence-corrected chi connectivity index (χ1v) is 10.1. The average Bonchev–Trinajstić information content (AvgIpc) is 3.04. The molecule has 2 aliphatic rings. The number of amides is 1.